The fourth-order valence-electron chi connectivity index (χ4n) is 1.82. The van der Waals surface area contributed by atoms with Crippen molar-refractivity contribution >= 4 is 11.8 Å². The average Bonchev–Trinajstić information content (AvgIpc) is 2.22. The molecule has 0 radical (unpaired) electrons. The van der Waals surface area contributed by atoms with Crippen LogP contribution in [-0.4, -0.2) is 39.9 Å². The number of aliphatic hydroxyl groups excluding tert-OH is 1. The minimum atomic E-state index is -1.63. The van der Waals surface area contributed by atoms with Crippen molar-refractivity contribution in [1.82, 2.24) is 9.97 Å². The van der Waals surface area contributed by atoms with Crippen LogP contribution in [0.15, 0.2) is 12.3 Å². The number of halogens is 1. The molecule has 5 nitrogen and oxygen atoms in total. The standard InChI is InChI=1S/C10H15FN4O/c1-10(11)6-15(5-3-7(10)16)9-13-4-2-8(12)14-9/h2,4,7,16H,3,5-6H2,1H3,(H2,12,13,14)/t7-,10+/m1/s1. The molecule has 1 aromatic rings. The summed E-state index contributed by atoms with van der Waals surface area (Å²) < 4.78 is 13.9. The summed E-state index contributed by atoms with van der Waals surface area (Å²) in [6.07, 6.45) is 0.980. The van der Waals surface area contributed by atoms with E-state index in [9.17, 15) is 9.50 Å². The van der Waals surface area contributed by atoms with Gasteiger partial charge in [0.2, 0.25) is 5.95 Å². The lowest BCUT2D eigenvalue weighted by Gasteiger charge is -2.38. The number of rotatable bonds is 1. The molecule has 0 amide bonds. The summed E-state index contributed by atoms with van der Waals surface area (Å²) in [5.41, 5.74) is 3.91. The van der Waals surface area contributed by atoms with Crippen molar-refractivity contribution in [1.29, 1.82) is 0 Å². The SMILES string of the molecule is C[C@]1(F)CN(c2nccc(N)n2)CC[C@H]1O. The predicted molar refractivity (Wildman–Crippen MR) is 58.8 cm³/mol. The van der Waals surface area contributed by atoms with Gasteiger partial charge in [-0.2, -0.15) is 4.98 Å². The van der Waals surface area contributed by atoms with E-state index in [1.54, 1.807) is 11.0 Å². The maximum absolute atomic E-state index is 13.9. The number of hydrogen-bond acceptors (Lipinski definition) is 5. The van der Waals surface area contributed by atoms with Gasteiger partial charge in [-0.3, -0.25) is 0 Å². The summed E-state index contributed by atoms with van der Waals surface area (Å²) in [5, 5.41) is 9.49. The van der Waals surface area contributed by atoms with Crippen molar-refractivity contribution in [2.45, 2.75) is 25.1 Å². The molecule has 1 aromatic heterocycles. The van der Waals surface area contributed by atoms with E-state index in [0.717, 1.165) is 0 Å². The van der Waals surface area contributed by atoms with Gasteiger partial charge in [0.25, 0.3) is 0 Å². The normalized spacial score (nSPS) is 30.4. The number of nitrogen functional groups attached to an aromatic ring is 1. The molecule has 6 heteroatoms. The average molecular weight is 226 g/mol. The molecular formula is C10H15FN4O. The molecule has 16 heavy (non-hydrogen) atoms. The number of aliphatic hydroxyl groups is 1. The van der Waals surface area contributed by atoms with Crippen LogP contribution in [0.1, 0.15) is 13.3 Å². The van der Waals surface area contributed by atoms with Gasteiger partial charge in [-0.05, 0) is 19.4 Å². The van der Waals surface area contributed by atoms with Crippen molar-refractivity contribution in [2.24, 2.45) is 0 Å². The molecule has 2 rings (SSSR count). The fraction of sp³-hybridized carbons (Fsp3) is 0.600. The summed E-state index contributed by atoms with van der Waals surface area (Å²) >= 11 is 0. The summed E-state index contributed by atoms with van der Waals surface area (Å²) in [7, 11) is 0. The molecule has 2 heterocycles. The summed E-state index contributed by atoms with van der Waals surface area (Å²) in [5.74, 6) is 0.771. The highest BCUT2D eigenvalue weighted by atomic mass is 19.1. The van der Waals surface area contributed by atoms with Crippen molar-refractivity contribution in [3.8, 4) is 0 Å². The Morgan fingerprint density at radius 1 is 1.69 bits per heavy atom. The molecule has 0 saturated carbocycles. The van der Waals surface area contributed by atoms with E-state index in [2.05, 4.69) is 9.97 Å². The van der Waals surface area contributed by atoms with Crippen LogP contribution in [0, 0.1) is 0 Å². The second kappa shape index (κ2) is 3.86. The van der Waals surface area contributed by atoms with E-state index in [1.807, 2.05) is 0 Å². The molecule has 1 saturated heterocycles. The van der Waals surface area contributed by atoms with Gasteiger partial charge >= 0.3 is 0 Å². The number of piperidine rings is 1. The third-order valence-corrected chi connectivity index (χ3v) is 2.81. The molecule has 0 spiro atoms. The number of nitrogens with zero attached hydrogens (tertiary/aromatic N) is 3. The summed E-state index contributed by atoms with van der Waals surface area (Å²) in [6.45, 7) is 2.00. The Bertz CT molecular complexity index is 385. The van der Waals surface area contributed by atoms with E-state index >= 15 is 0 Å². The Balaban J connectivity index is 2.18. The summed E-state index contributed by atoms with van der Waals surface area (Å²) in [4.78, 5) is 9.77. The van der Waals surface area contributed by atoms with Crippen molar-refractivity contribution in [3.05, 3.63) is 12.3 Å². The third kappa shape index (κ3) is 2.06. The Morgan fingerprint density at radius 3 is 3.06 bits per heavy atom. The first-order valence-corrected chi connectivity index (χ1v) is 5.19. The van der Waals surface area contributed by atoms with Crippen molar-refractivity contribution in [2.75, 3.05) is 23.7 Å². The molecule has 0 aliphatic carbocycles. The van der Waals surface area contributed by atoms with Crippen LogP contribution in [0.3, 0.4) is 0 Å². The van der Waals surface area contributed by atoms with Gasteiger partial charge < -0.3 is 15.7 Å². The lowest BCUT2D eigenvalue weighted by molar-refractivity contribution is -0.00860. The minimum Gasteiger partial charge on any atom is -0.390 e. The molecule has 1 aliphatic rings. The van der Waals surface area contributed by atoms with Gasteiger partial charge in [0.05, 0.1) is 12.6 Å². The lowest BCUT2D eigenvalue weighted by atomic mass is 9.94. The largest absolute Gasteiger partial charge is 0.390 e. The van der Waals surface area contributed by atoms with Gasteiger partial charge in [0.1, 0.15) is 5.82 Å². The van der Waals surface area contributed by atoms with E-state index < -0.39 is 11.8 Å². The highest BCUT2D eigenvalue weighted by Crippen LogP contribution is 2.27. The number of nitrogens with two attached hydrogens (primary N) is 1. The highest BCUT2D eigenvalue weighted by molar-refractivity contribution is 5.38. The van der Waals surface area contributed by atoms with Crippen LogP contribution in [0.2, 0.25) is 0 Å². The smallest absolute Gasteiger partial charge is 0.227 e. The zero-order valence-corrected chi connectivity index (χ0v) is 9.10. The van der Waals surface area contributed by atoms with Crippen molar-refractivity contribution in [3.63, 3.8) is 0 Å². The third-order valence-electron chi connectivity index (χ3n) is 2.81. The van der Waals surface area contributed by atoms with E-state index in [1.165, 1.54) is 13.1 Å². The Kier molecular flexibility index (Phi) is 2.67. The first-order chi connectivity index (χ1) is 7.49. The Hall–Kier alpha value is -1.43. The second-order valence-electron chi connectivity index (χ2n) is 4.29. The van der Waals surface area contributed by atoms with E-state index in [0.29, 0.717) is 24.7 Å². The van der Waals surface area contributed by atoms with E-state index in [-0.39, 0.29) is 6.54 Å². The molecule has 0 aromatic carbocycles. The number of alkyl halides is 1. The zero-order chi connectivity index (χ0) is 11.8. The monoisotopic (exact) mass is 226 g/mol. The Morgan fingerprint density at radius 2 is 2.44 bits per heavy atom. The van der Waals surface area contributed by atoms with Gasteiger partial charge in [0, 0.05) is 12.7 Å². The van der Waals surface area contributed by atoms with Gasteiger partial charge in [-0.15, -0.1) is 0 Å². The van der Waals surface area contributed by atoms with Crippen LogP contribution in [0.5, 0.6) is 0 Å². The first kappa shape index (κ1) is 11.1. The van der Waals surface area contributed by atoms with Gasteiger partial charge in [-0.25, -0.2) is 9.37 Å². The maximum Gasteiger partial charge on any atom is 0.227 e. The molecular weight excluding hydrogens is 211 g/mol. The topological polar surface area (TPSA) is 75.3 Å². The highest BCUT2D eigenvalue weighted by Gasteiger charge is 2.39. The molecule has 3 N–H and O–H groups in total. The van der Waals surface area contributed by atoms with Crippen molar-refractivity contribution < 1.29 is 9.50 Å². The van der Waals surface area contributed by atoms with Crippen LogP contribution in [-0.2, 0) is 0 Å². The number of hydrogen-bond donors (Lipinski definition) is 2. The van der Waals surface area contributed by atoms with E-state index in [4.69, 9.17) is 5.73 Å². The quantitative estimate of drug-likeness (QED) is 0.723. The summed E-state index contributed by atoms with van der Waals surface area (Å²) in [6, 6.07) is 1.58. The molecule has 0 unspecified atom stereocenters. The van der Waals surface area contributed by atoms with Gasteiger partial charge in [0.15, 0.2) is 5.67 Å². The maximum atomic E-state index is 13.9. The number of aromatic nitrogens is 2. The predicted octanol–water partition coefficient (Wildman–Crippen LogP) is 0.358. The molecule has 88 valence electrons. The first-order valence-electron chi connectivity index (χ1n) is 5.19. The van der Waals surface area contributed by atoms with Crippen LogP contribution in [0.4, 0.5) is 16.2 Å². The van der Waals surface area contributed by atoms with Gasteiger partial charge in [-0.1, -0.05) is 0 Å². The fourth-order valence-corrected chi connectivity index (χ4v) is 1.82. The molecule has 1 fully saturated rings. The Labute approximate surface area is 93.1 Å². The lowest BCUT2D eigenvalue weighted by Crippen LogP contribution is -2.52. The molecule has 1 aliphatic heterocycles. The van der Waals surface area contributed by atoms with Crippen LogP contribution < -0.4 is 10.6 Å². The van der Waals surface area contributed by atoms with Crippen LogP contribution >= 0.6 is 0 Å². The number of anilines is 2. The molecule has 2 atom stereocenters. The van der Waals surface area contributed by atoms with Crippen LogP contribution in [0.25, 0.3) is 0 Å². The second-order valence-corrected chi connectivity index (χ2v) is 4.29. The minimum absolute atomic E-state index is 0.0810. The molecule has 0 bridgehead atoms. The zero-order valence-electron chi connectivity index (χ0n) is 9.10.